The fraction of sp³-hybridized carbons (Fsp3) is 0.176. The lowest BCUT2D eigenvalue weighted by atomic mass is 10.2. The van der Waals surface area contributed by atoms with E-state index in [9.17, 15) is 9.59 Å². The van der Waals surface area contributed by atoms with E-state index < -0.39 is 0 Å². The molecule has 2 rings (SSSR count). The van der Waals surface area contributed by atoms with Crippen LogP contribution in [0.25, 0.3) is 0 Å². The monoisotopic (exact) mass is 313 g/mol. The summed E-state index contributed by atoms with van der Waals surface area (Å²) < 4.78 is 5.08. The highest BCUT2D eigenvalue weighted by atomic mass is 16.5. The summed E-state index contributed by atoms with van der Waals surface area (Å²) in [4.78, 5) is 22.9. The number of hydrogen-bond acceptors (Lipinski definition) is 3. The third-order valence-electron chi connectivity index (χ3n) is 3.05. The molecule has 0 unspecified atom stereocenters. The first-order chi connectivity index (χ1) is 11.1. The van der Waals surface area contributed by atoms with Crippen LogP contribution >= 0.6 is 0 Å². The molecule has 0 aliphatic rings. The second kappa shape index (κ2) is 7.84. The van der Waals surface area contributed by atoms with Gasteiger partial charge < -0.3 is 20.7 Å². The van der Waals surface area contributed by atoms with Gasteiger partial charge in [-0.25, -0.2) is 4.79 Å². The van der Waals surface area contributed by atoms with Gasteiger partial charge >= 0.3 is 6.03 Å². The Labute approximate surface area is 134 Å². The molecule has 23 heavy (non-hydrogen) atoms. The van der Waals surface area contributed by atoms with Gasteiger partial charge in [0.1, 0.15) is 5.75 Å². The predicted molar refractivity (Wildman–Crippen MR) is 89.6 cm³/mol. The molecule has 6 nitrogen and oxygen atoms in total. The third kappa shape index (κ3) is 5.35. The first-order valence-electron chi connectivity index (χ1n) is 7.12. The second-order valence-corrected chi connectivity index (χ2v) is 4.92. The highest BCUT2D eigenvalue weighted by Gasteiger charge is 2.03. The van der Waals surface area contributed by atoms with Gasteiger partial charge in [0.05, 0.1) is 7.11 Å². The zero-order chi connectivity index (χ0) is 16.7. The van der Waals surface area contributed by atoms with Crippen molar-refractivity contribution >= 4 is 23.3 Å². The van der Waals surface area contributed by atoms with Crippen LogP contribution in [0.2, 0.25) is 0 Å². The van der Waals surface area contributed by atoms with Gasteiger partial charge in [0.15, 0.2) is 0 Å². The Kier molecular flexibility index (Phi) is 5.57. The van der Waals surface area contributed by atoms with E-state index in [4.69, 9.17) is 4.74 Å². The molecule has 0 heterocycles. The van der Waals surface area contributed by atoms with E-state index in [-0.39, 0.29) is 11.9 Å². The highest BCUT2D eigenvalue weighted by Crippen LogP contribution is 2.15. The number of benzene rings is 2. The van der Waals surface area contributed by atoms with Crippen molar-refractivity contribution in [1.82, 2.24) is 5.32 Å². The Bertz CT molecular complexity index is 684. The van der Waals surface area contributed by atoms with Crippen LogP contribution in [0.3, 0.4) is 0 Å². The maximum Gasteiger partial charge on any atom is 0.319 e. The number of hydrogen-bond donors (Lipinski definition) is 3. The Hall–Kier alpha value is -3.02. The van der Waals surface area contributed by atoms with Crippen LogP contribution in [0.1, 0.15) is 12.5 Å². The number of amides is 3. The van der Waals surface area contributed by atoms with Crippen LogP contribution < -0.4 is 20.7 Å². The van der Waals surface area contributed by atoms with E-state index in [0.29, 0.717) is 17.9 Å². The molecule has 0 atom stereocenters. The summed E-state index contributed by atoms with van der Waals surface area (Å²) in [5.41, 5.74) is 2.20. The molecule has 0 aliphatic carbocycles. The molecular weight excluding hydrogens is 294 g/mol. The van der Waals surface area contributed by atoms with Gasteiger partial charge in [-0.15, -0.1) is 0 Å². The molecule has 0 radical (unpaired) electrons. The van der Waals surface area contributed by atoms with E-state index in [1.165, 1.54) is 6.92 Å². The van der Waals surface area contributed by atoms with Crippen LogP contribution in [-0.4, -0.2) is 19.0 Å². The van der Waals surface area contributed by atoms with Crippen LogP contribution in [0.5, 0.6) is 5.75 Å². The normalized spacial score (nSPS) is 9.83. The molecule has 0 saturated heterocycles. The van der Waals surface area contributed by atoms with Crippen molar-refractivity contribution < 1.29 is 14.3 Å². The van der Waals surface area contributed by atoms with Gasteiger partial charge in [0, 0.05) is 24.8 Å². The van der Waals surface area contributed by atoms with E-state index >= 15 is 0 Å². The average Bonchev–Trinajstić information content (AvgIpc) is 2.53. The van der Waals surface area contributed by atoms with Gasteiger partial charge in [-0.3, -0.25) is 4.79 Å². The van der Waals surface area contributed by atoms with Crippen molar-refractivity contribution in [3.05, 3.63) is 54.1 Å². The van der Waals surface area contributed by atoms with Gasteiger partial charge in [-0.1, -0.05) is 18.2 Å². The molecule has 3 N–H and O–H groups in total. The maximum absolute atomic E-state index is 11.9. The van der Waals surface area contributed by atoms with Crippen molar-refractivity contribution in [3.63, 3.8) is 0 Å². The summed E-state index contributed by atoms with van der Waals surface area (Å²) in [6.07, 6.45) is 0. The summed E-state index contributed by atoms with van der Waals surface area (Å²) in [6.45, 7) is 1.84. The zero-order valence-electron chi connectivity index (χ0n) is 13.1. The number of nitrogens with one attached hydrogen (secondary N) is 3. The maximum atomic E-state index is 11.9. The van der Waals surface area contributed by atoms with Crippen LogP contribution in [-0.2, 0) is 11.3 Å². The number of rotatable bonds is 5. The third-order valence-corrected chi connectivity index (χ3v) is 3.05. The molecular formula is C17H19N3O3. The Morgan fingerprint density at radius 2 is 1.65 bits per heavy atom. The molecule has 2 aromatic rings. The van der Waals surface area contributed by atoms with E-state index in [1.54, 1.807) is 31.4 Å². The topological polar surface area (TPSA) is 79.5 Å². The van der Waals surface area contributed by atoms with Gasteiger partial charge in [-0.2, -0.15) is 0 Å². The number of anilines is 2. The minimum absolute atomic E-state index is 0.161. The number of urea groups is 1. The van der Waals surface area contributed by atoms with E-state index in [2.05, 4.69) is 16.0 Å². The second-order valence-electron chi connectivity index (χ2n) is 4.92. The number of carbonyl (C=O) groups is 2. The molecule has 0 aliphatic heterocycles. The minimum Gasteiger partial charge on any atom is -0.497 e. The Balaban J connectivity index is 1.87. The number of carbonyl (C=O) groups excluding carboxylic acids is 2. The lowest BCUT2D eigenvalue weighted by molar-refractivity contribution is -0.114. The molecule has 0 aromatic heterocycles. The molecule has 0 spiro atoms. The van der Waals surface area contributed by atoms with Crippen LogP contribution in [0, 0.1) is 0 Å². The summed E-state index contributed by atoms with van der Waals surface area (Å²) in [5, 5.41) is 8.15. The first kappa shape index (κ1) is 16.4. The molecule has 0 fully saturated rings. The summed E-state index contributed by atoms with van der Waals surface area (Å²) in [6, 6.07) is 14.1. The lowest BCUT2D eigenvalue weighted by Gasteiger charge is -2.09. The van der Waals surface area contributed by atoms with Gasteiger partial charge in [0.2, 0.25) is 5.91 Å². The van der Waals surface area contributed by atoms with Crippen molar-refractivity contribution in [2.75, 3.05) is 17.7 Å². The van der Waals surface area contributed by atoms with E-state index in [1.807, 2.05) is 24.3 Å². The molecule has 2 aromatic carbocycles. The highest BCUT2D eigenvalue weighted by molar-refractivity contribution is 5.92. The van der Waals surface area contributed by atoms with Gasteiger partial charge in [-0.05, 0) is 35.9 Å². The summed E-state index contributed by atoms with van der Waals surface area (Å²) in [5.74, 6) is 0.610. The summed E-state index contributed by atoms with van der Waals surface area (Å²) >= 11 is 0. The number of ether oxygens (including phenoxy) is 1. The van der Waals surface area contributed by atoms with Crippen molar-refractivity contribution in [3.8, 4) is 5.75 Å². The largest absolute Gasteiger partial charge is 0.497 e. The molecule has 6 heteroatoms. The van der Waals surface area contributed by atoms with Crippen molar-refractivity contribution in [2.45, 2.75) is 13.5 Å². The standard InChI is InChI=1S/C17H19N3O3/c1-12(21)19-14-4-3-5-15(10-14)20-17(22)18-11-13-6-8-16(23-2)9-7-13/h3-10H,11H2,1-2H3,(H,19,21)(H2,18,20,22). The zero-order valence-corrected chi connectivity index (χ0v) is 13.1. The molecule has 0 saturated carbocycles. The number of methoxy groups -OCH3 is 1. The molecule has 120 valence electrons. The fourth-order valence-corrected chi connectivity index (χ4v) is 1.98. The van der Waals surface area contributed by atoms with Crippen molar-refractivity contribution in [1.29, 1.82) is 0 Å². The quantitative estimate of drug-likeness (QED) is 0.794. The Morgan fingerprint density at radius 3 is 2.26 bits per heavy atom. The van der Waals surface area contributed by atoms with Crippen LogP contribution in [0.4, 0.5) is 16.2 Å². The average molecular weight is 313 g/mol. The lowest BCUT2D eigenvalue weighted by Crippen LogP contribution is -2.28. The van der Waals surface area contributed by atoms with Crippen LogP contribution in [0.15, 0.2) is 48.5 Å². The SMILES string of the molecule is COc1ccc(CNC(=O)Nc2cccc(NC(C)=O)c2)cc1. The van der Waals surface area contributed by atoms with Crippen molar-refractivity contribution in [2.24, 2.45) is 0 Å². The molecule has 3 amide bonds. The minimum atomic E-state index is -0.319. The predicted octanol–water partition coefficient (Wildman–Crippen LogP) is 2.98. The smallest absolute Gasteiger partial charge is 0.319 e. The summed E-state index contributed by atoms with van der Waals surface area (Å²) in [7, 11) is 1.61. The first-order valence-corrected chi connectivity index (χ1v) is 7.12. The van der Waals surface area contributed by atoms with Gasteiger partial charge in [0.25, 0.3) is 0 Å². The van der Waals surface area contributed by atoms with E-state index in [0.717, 1.165) is 11.3 Å². The molecule has 0 bridgehead atoms. The Morgan fingerprint density at radius 1 is 1.00 bits per heavy atom. The fourth-order valence-electron chi connectivity index (χ4n) is 1.98.